The third kappa shape index (κ3) is 4.68. The lowest BCUT2D eigenvalue weighted by Crippen LogP contribution is -2.27. The van der Waals surface area contributed by atoms with Crippen molar-refractivity contribution in [3.05, 3.63) is 42.4 Å². The molecule has 128 valence electrons. The van der Waals surface area contributed by atoms with Gasteiger partial charge in [0.15, 0.2) is 5.76 Å². The Kier molecular flexibility index (Phi) is 6.01. The Morgan fingerprint density at radius 2 is 2.12 bits per heavy atom. The minimum Gasteiger partial charge on any atom is -0.451 e. The predicted molar refractivity (Wildman–Crippen MR) is 91.7 cm³/mol. The van der Waals surface area contributed by atoms with Crippen molar-refractivity contribution in [2.75, 3.05) is 19.8 Å². The Morgan fingerprint density at radius 3 is 2.92 bits per heavy atom. The monoisotopic (exact) mass is 328 g/mol. The molecule has 5 nitrogen and oxygen atoms in total. The average Bonchev–Trinajstić information content (AvgIpc) is 3.13. The molecule has 5 heteroatoms. The second-order valence-electron chi connectivity index (χ2n) is 6.24. The number of carbonyl (C=O) groups excluding carboxylic acids is 1. The smallest absolute Gasteiger partial charge is 0.287 e. The van der Waals surface area contributed by atoms with Crippen LogP contribution in [0.3, 0.4) is 0 Å². The fourth-order valence-corrected chi connectivity index (χ4v) is 3.05. The maximum Gasteiger partial charge on any atom is 0.287 e. The molecule has 0 bridgehead atoms. The summed E-state index contributed by atoms with van der Waals surface area (Å²) in [4.78, 5) is 16.1. The lowest BCUT2D eigenvalue weighted by atomic mass is 9.90. The van der Waals surface area contributed by atoms with Crippen molar-refractivity contribution in [3.8, 4) is 11.3 Å². The van der Waals surface area contributed by atoms with Crippen LogP contribution in [0.1, 0.15) is 42.7 Å². The van der Waals surface area contributed by atoms with Gasteiger partial charge in [0.2, 0.25) is 0 Å². The minimum atomic E-state index is -0.216. The molecule has 0 aromatic carbocycles. The largest absolute Gasteiger partial charge is 0.451 e. The summed E-state index contributed by atoms with van der Waals surface area (Å²) in [5, 5.41) is 2.83. The van der Waals surface area contributed by atoms with E-state index >= 15 is 0 Å². The fourth-order valence-electron chi connectivity index (χ4n) is 3.05. The fraction of sp³-hybridized carbons (Fsp3) is 0.474. The van der Waals surface area contributed by atoms with Crippen LogP contribution >= 0.6 is 0 Å². The summed E-state index contributed by atoms with van der Waals surface area (Å²) in [6.45, 7) is 1.84. The normalized spacial score (nSPS) is 15.3. The summed E-state index contributed by atoms with van der Waals surface area (Å²) in [5.41, 5.74) is 0.854. The second-order valence-corrected chi connectivity index (χ2v) is 6.24. The number of nitrogens with one attached hydrogen (secondary N) is 1. The number of amides is 1. The molecule has 2 heterocycles. The molecule has 1 saturated carbocycles. The maximum atomic E-state index is 12.1. The van der Waals surface area contributed by atoms with Crippen LogP contribution in [0.4, 0.5) is 0 Å². The molecule has 1 aliphatic rings. The molecule has 2 aromatic rings. The highest BCUT2D eigenvalue weighted by molar-refractivity contribution is 5.92. The zero-order valence-electron chi connectivity index (χ0n) is 13.9. The van der Waals surface area contributed by atoms with Crippen LogP contribution in [0.2, 0.25) is 0 Å². The zero-order valence-corrected chi connectivity index (χ0v) is 13.9. The maximum absolute atomic E-state index is 12.1. The number of pyridine rings is 1. The molecule has 0 atom stereocenters. The highest BCUT2D eigenvalue weighted by Gasteiger charge is 2.14. The van der Waals surface area contributed by atoms with E-state index in [2.05, 4.69) is 10.3 Å². The molecule has 1 N–H and O–H groups in total. The first-order valence-electron chi connectivity index (χ1n) is 8.69. The van der Waals surface area contributed by atoms with E-state index in [0.29, 0.717) is 30.6 Å². The first-order chi connectivity index (χ1) is 11.8. The van der Waals surface area contributed by atoms with Gasteiger partial charge in [-0.25, -0.2) is 0 Å². The topological polar surface area (TPSA) is 64.4 Å². The van der Waals surface area contributed by atoms with E-state index in [1.807, 2.05) is 12.1 Å². The van der Waals surface area contributed by atoms with Crippen molar-refractivity contribution in [3.63, 3.8) is 0 Å². The Bertz CT molecular complexity index is 633. The quantitative estimate of drug-likeness (QED) is 0.788. The molecule has 0 unspecified atom stereocenters. The Balaban J connectivity index is 1.38. The van der Waals surface area contributed by atoms with E-state index in [1.54, 1.807) is 24.5 Å². The van der Waals surface area contributed by atoms with E-state index < -0.39 is 0 Å². The Labute approximate surface area is 142 Å². The van der Waals surface area contributed by atoms with Crippen molar-refractivity contribution >= 4 is 5.91 Å². The van der Waals surface area contributed by atoms with Crippen molar-refractivity contribution in [1.82, 2.24) is 10.3 Å². The molecular weight excluding hydrogens is 304 g/mol. The first kappa shape index (κ1) is 16.7. The van der Waals surface area contributed by atoms with Crippen LogP contribution in [0.5, 0.6) is 0 Å². The first-order valence-corrected chi connectivity index (χ1v) is 8.69. The van der Waals surface area contributed by atoms with Gasteiger partial charge in [-0.05, 0) is 43.0 Å². The van der Waals surface area contributed by atoms with Gasteiger partial charge in [-0.15, -0.1) is 0 Å². The van der Waals surface area contributed by atoms with Crippen molar-refractivity contribution in [1.29, 1.82) is 0 Å². The van der Waals surface area contributed by atoms with E-state index in [9.17, 15) is 4.79 Å². The van der Waals surface area contributed by atoms with Gasteiger partial charge in [0.05, 0.1) is 6.61 Å². The van der Waals surface area contributed by atoms with Crippen LogP contribution < -0.4 is 5.32 Å². The van der Waals surface area contributed by atoms with Crippen LogP contribution in [0, 0.1) is 5.92 Å². The van der Waals surface area contributed by atoms with Gasteiger partial charge >= 0.3 is 0 Å². The number of nitrogens with zero attached hydrogens (tertiary/aromatic N) is 1. The molecule has 1 amide bonds. The second kappa shape index (κ2) is 8.64. The Morgan fingerprint density at radius 1 is 1.25 bits per heavy atom. The molecule has 0 saturated heterocycles. The molecule has 0 spiro atoms. The van der Waals surface area contributed by atoms with Gasteiger partial charge in [-0.1, -0.05) is 19.3 Å². The van der Waals surface area contributed by atoms with Crippen LogP contribution in [0.15, 0.2) is 41.1 Å². The molecular formula is C19H24N2O3. The lowest BCUT2D eigenvalue weighted by molar-refractivity contribution is 0.0783. The number of hydrogen-bond acceptors (Lipinski definition) is 4. The van der Waals surface area contributed by atoms with Gasteiger partial charge in [-0.2, -0.15) is 0 Å². The third-order valence-corrected chi connectivity index (χ3v) is 4.39. The molecule has 3 rings (SSSR count). The lowest BCUT2D eigenvalue weighted by Gasteiger charge is -2.21. The molecule has 0 radical (unpaired) electrons. The summed E-state index contributed by atoms with van der Waals surface area (Å²) >= 11 is 0. The predicted octanol–water partition coefficient (Wildman–Crippen LogP) is 3.67. The number of ether oxygens (including phenoxy) is 1. The number of furan rings is 1. The SMILES string of the molecule is O=C(NCCOCC1CCCCC1)c1ccc(-c2cccnc2)o1. The third-order valence-electron chi connectivity index (χ3n) is 4.39. The standard InChI is InChI=1S/C19H24N2O3/c22-19(21-11-12-23-14-15-5-2-1-3-6-15)18-9-8-17(24-18)16-7-4-10-20-13-16/h4,7-10,13,15H,1-3,5-6,11-12,14H2,(H,21,22). The summed E-state index contributed by atoms with van der Waals surface area (Å²) in [7, 11) is 0. The number of carbonyl (C=O) groups is 1. The van der Waals surface area contributed by atoms with Gasteiger partial charge in [0.1, 0.15) is 5.76 Å². The van der Waals surface area contributed by atoms with Gasteiger partial charge in [-0.3, -0.25) is 9.78 Å². The van der Waals surface area contributed by atoms with E-state index in [4.69, 9.17) is 9.15 Å². The number of rotatable bonds is 7. The Hall–Kier alpha value is -2.14. The van der Waals surface area contributed by atoms with Gasteiger partial charge in [0, 0.05) is 31.1 Å². The van der Waals surface area contributed by atoms with Gasteiger partial charge < -0.3 is 14.5 Å². The van der Waals surface area contributed by atoms with E-state index in [1.165, 1.54) is 32.1 Å². The van der Waals surface area contributed by atoms with Crippen molar-refractivity contribution < 1.29 is 13.9 Å². The van der Waals surface area contributed by atoms with E-state index in [-0.39, 0.29) is 5.91 Å². The van der Waals surface area contributed by atoms with Crippen LogP contribution in [-0.4, -0.2) is 30.6 Å². The zero-order chi connectivity index (χ0) is 16.6. The molecule has 0 aliphatic heterocycles. The minimum absolute atomic E-state index is 0.216. The average molecular weight is 328 g/mol. The molecule has 24 heavy (non-hydrogen) atoms. The van der Waals surface area contributed by atoms with Crippen molar-refractivity contribution in [2.45, 2.75) is 32.1 Å². The van der Waals surface area contributed by atoms with Gasteiger partial charge in [0.25, 0.3) is 5.91 Å². The summed E-state index contributed by atoms with van der Waals surface area (Å²) < 4.78 is 11.3. The van der Waals surface area contributed by atoms with Crippen LogP contribution in [0.25, 0.3) is 11.3 Å². The summed E-state index contributed by atoms with van der Waals surface area (Å²) in [6, 6.07) is 7.19. The molecule has 1 aliphatic carbocycles. The molecule has 2 aromatic heterocycles. The summed E-state index contributed by atoms with van der Waals surface area (Å²) in [6.07, 6.45) is 9.96. The highest BCUT2D eigenvalue weighted by Crippen LogP contribution is 2.23. The molecule has 1 fully saturated rings. The number of hydrogen-bond donors (Lipinski definition) is 1. The van der Waals surface area contributed by atoms with Crippen molar-refractivity contribution in [2.24, 2.45) is 5.92 Å². The number of aromatic nitrogens is 1. The summed E-state index contributed by atoms with van der Waals surface area (Å²) in [5.74, 6) is 1.43. The van der Waals surface area contributed by atoms with Crippen LogP contribution in [-0.2, 0) is 4.74 Å². The van der Waals surface area contributed by atoms with E-state index in [0.717, 1.165) is 12.2 Å². The highest BCUT2D eigenvalue weighted by atomic mass is 16.5.